The van der Waals surface area contributed by atoms with Gasteiger partial charge in [0.15, 0.2) is 0 Å². The molecular formula is C31H33N3O5. The van der Waals surface area contributed by atoms with Crippen molar-refractivity contribution in [2.75, 3.05) is 39.4 Å². The normalized spacial score (nSPS) is 19.4. The second-order valence-electron chi connectivity index (χ2n) is 9.84. The summed E-state index contributed by atoms with van der Waals surface area (Å²) in [6, 6.07) is 18.1. The molecule has 1 atom stereocenters. The number of benzene rings is 2. The van der Waals surface area contributed by atoms with Gasteiger partial charge in [-0.2, -0.15) is 0 Å². The summed E-state index contributed by atoms with van der Waals surface area (Å²) >= 11 is 0. The van der Waals surface area contributed by atoms with E-state index in [1.807, 2.05) is 49.4 Å². The number of pyridine rings is 1. The molecule has 3 heterocycles. The fourth-order valence-electron chi connectivity index (χ4n) is 5.16. The second-order valence-corrected chi connectivity index (χ2v) is 9.84. The molecule has 0 saturated carbocycles. The molecule has 1 aromatic heterocycles. The van der Waals surface area contributed by atoms with Gasteiger partial charge in [-0.3, -0.25) is 19.5 Å². The molecule has 39 heavy (non-hydrogen) atoms. The summed E-state index contributed by atoms with van der Waals surface area (Å²) in [6.45, 7) is 6.58. The lowest BCUT2D eigenvalue weighted by Crippen LogP contribution is -2.39. The minimum absolute atomic E-state index is 0.0837. The molecule has 2 aliphatic heterocycles. The number of aromatic nitrogens is 1. The summed E-state index contributed by atoms with van der Waals surface area (Å²) in [7, 11) is 0. The minimum Gasteiger partial charge on any atom is -0.507 e. The van der Waals surface area contributed by atoms with Crippen molar-refractivity contribution in [3.05, 3.63) is 101 Å². The van der Waals surface area contributed by atoms with Crippen molar-refractivity contribution >= 4 is 17.4 Å². The van der Waals surface area contributed by atoms with Gasteiger partial charge in [0, 0.05) is 44.1 Å². The van der Waals surface area contributed by atoms with Crippen molar-refractivity contribution in [1.82, 2.24) is 14.8 Å². The summed E-state index contributed by atoms with van der Waals surface area (Å²) in [4.78, 5) is 34.6. The largest absolute Gasteiger partial charge is 0.507 e. The van der Waals surface area contributed by atoms with Crippen LogP contribution in [0.4, 0.5) is 0 Å². The molecule has 202 valence electrons. The van der Waals surface area contributed by atoms with Crippen LogP contribution in [0, 0.1) is 6.92 Å². The number of hydrogen-bond donors (Lipinski definition) is 1. The lowest BCUT2D eigenvalue weighted by atomic mass is 9.94. The zero-order chi connectivity index (χ0) is 27.2. The van der Waals surface area contributed by atoms with E-state index in [1.165, 1.54) is 0 Å². The lowest BCUT2D eigenvalue weighted by Gasteiger charge is -2.29. The monoisotopic (exact) mass is 527 g/mol. The van der Waals surface area contributed by atoms with Crippen molar-refractivity contribution < 1.29 is 24.2 Å². The number of likely N-dealkylation sites (tertiary alicyclic amines) is 1. The van der Waals surface area contributed by atoms with Crippen LogP contribution in [0.2, 0.25) is 0 Å². The Hall–Kier alpha value is -4.01. The summed E-state index contributed by atoms with van der Waals surface area (Å²) in [5.41, 5.74) is 3.04. The van der Waals surface area contributed by atoms with Crippen LogP contribution in [-0.4, -0.2) is 71.0 Å². The molecule has 2 saturated heterocycles. The van der Waals surface area contributed by atoms with Crippen LogP contribution in [0.1, 0.15) is 34.7 Å². The Morgan fingerprint density at radius 1 is 1.05 bits per heavy atom. The van der Waals surface area contributed by atoms with E-state index in [0.29, 0.717) is 49.7 Å². The SMILES string of the molecule is Cc1cc(OCc2ccccc2)ccc1/C(O)=C1\C(=O)C(=O)N(CCCN2CCOCC2)[C@H]1c1cccnc1. The van der Waals surface area contributed by atoms with E-state index in [1.54, 1.807) is 35.5 Å². The molecule has 0 spiro atoms. The average molecular weight is 528 g/mol. The molecule has 1 amide bonds. The fourth-order valence-corrected chi connectivity index (χ4v) is 5.16. The number of aliphatic hydroxyl groups is 1. The van der Waals surface area contributed by atoms with Crippen molar-refractivity contribution in [3.63, 3.8) is 0 Å². The first-order chi connectivity index (χ1) is 19.0. The zero-order valence-electron chi connectivity index (χ0n) is 22.1. The number of amides is 1. The average Bonchev–Trinajstić information content (AvgIpc) is 3.22. The van der Waals surface area contributed by atoms with Crippen molar-refractivity contribution in [2.24, 2.45) is 0 Å². The van der Waals surface area contributed by atoms with Crippen molar-refractivity contribution in [2.45, 2.75) is 26.0 Å². The van der Waals surface area contributed by atoms with Crippen molar-refractivity contribution in [1.29, 1.82) is 0 Å². The molecule has 0 aliphatic carbocycles. The fraction of sp³-hybridized carbons (Fsp3) is 0.323. The smallest absolute Gasteiger partial charge is 0.295 e. The highest BCUT2D eigenvalue weighted by atomic mass is 16.5. The Labute approximate surface area is 228 Å². The number of ketones is 1. The topological polar surface area (TPSA) is 92.2 Å². The molecule has 5 rings (SSSR count). The number of aliphatic hydroxyl groups excluding tert-OH is 1. The van der Waals surface area contributed by atoms with Gasteiger partial charge in [-0.15, -0.1) is 0 Å². The Balaban J connectivity index is 1.40. The summed E-state index contributed by atoms with van der Waals surface area (Å²) in [6.07, 6.45) is 3.99. The van der Waals surface area contributed by atoms with Gasteiger partial charge in [0.1, 0.15) is 18.1 Å². The molecule has 8 nitrogen and oxygen atoms in total. The van der Waals surface area contributed by atoms with Gasteiger partial charge >= 0.3 is 0 Å². The van der Waals surface area contributed by atoms with E-state index < -0.39 is 17.7 Å². The van der Waals surface area contributed by atoms with Crippen LogP contribution < -0.4 is 4.74 Å². The molecule has 2 aromatic carbocycles. The number of hydrogen-bond acceptors (Lipinski definition) is 7. The van der Waals surface area contributed by atoms with E-state index in [-0.39, 0.29) is 11.3 Å². The number of ether oxygens (including phenoxy) is 2. The highest BCUT2D eigenvalue weighted by Crippen LogP contribution is 2.40. The standard InChI is InChI=1S/C31H33N3O5/c1-22-19-25(39-21-23-7-3-2-4-8-23)10-11-26(22)29(35)27-28(24-9-5-12-32-20-24)34(31(37)30(27)36)14-6-13-33-15-17-38-18-16-33/h2-5,7-12,19-20,28,35H,6,13-18,21H2,1H3/b29-27+/t28-/m0/s1. The highest BCUT2D eigenvalue weighted by Gasteiger charge is 2.46. The first-order valence-corrected chi connectivity index (χ1v) is 13.3. The molecule has 2 fully saturated rings. The number of carbonyl (C=O) groups is 2. The Kier molecular flexibility index (Phi) is 8.34. The van der Waals surface area contributed by atoms with Crippen LogP contribution in [0.15, 0.2) is 78.6 Å². The van der Waals surface area contributed by atoms with Gasteiger partial charge in [0.25, 0.3) is 11.7 Å². The number of carbonyl (C=O) groups excluding carboxylic acids is 2. The van der Waals surface area contributed by atoms with Gasteiger partial charge in [-0.1, -0.05) is 36.4 Å². The number of Topliss-reactive ketones (excluding diaryl/α,β-unsaturated/α-hetero) is 1. The molecule has 0 radical (unpaired) electrons. The minimum atomic E-state index is -0.711. The maximum absolute atomic E-state index is 13.3. The number of rotatable bonds is 9. The third-order valence-corrected chi connectivity index (χ3v) is 7.22. The lowest BCUT2D eigenvalue weighted by molar-refractivity contribution is -0.140. The van der Waals surface area contributed by atoms with E-state index in [0.717, 1.165) is 30.8 Å². The number of morpholine rings is 1. The van der Waals surface area contributed by atoms with Crippen LogP contribution in [0.25, 0.3) is 5.76 Å². The van der Waals surface area contributed by atoms with E-state index in [2.05, 4.69) is 9.88 Å². The molecule has 0 unspecified atom stereocenters. The van der Waals surface area contributed by atoms with Crippen LogP contribution in [0.5, 0.6) is 5.75 Å². The predicted molar refractivity (Wildman–Crippen MR) is 147 cm³/mol. The van der Waals surface area contributed by atoms with E-state index in [9.17, 15) is 14.7 Å². The van der Waals surface area contributed by atoms with Crippen molar-refractivity contribution in [3.8, 4) is 5.75 Å². The van der Waals surface area contributed by atoms with Gasteiger partial charge in [-0.05, 0) is 54.3 Å². The Morgan fingerprint density at radius 3 is 2.56 bits per heavy atom. The summed E-state index contributed by atoms with van der Waals surface area (Å²) in [5.74, 6) is -0.824. The molecule has 8 heteroatoms. The molecule has 0 bridgehead atoms. The van der Waals surface area contributed by atoms with Gasteiger partial charge < -0.3 is 19.5 Å². The second kappa shape index (κ2) is 12.2. The van der Waals surface area contributed by atoms with Crippen LogP contribution in [0.3, 0.4) is 0 Å². The molecule has 3 aromatic rings. The van der Waals surface area contributed by atoms with E-state index in [4.69, 9.17) is 9.47 Å². The first-order valence-electron chi connectivity index (χ1n) is 13.3. The van der Waals surface area contributed by atoms with Gasteiger partial charge in [-0.25, -0.2) is 0 Å². The third-order valence-electron chi connectivity index (χ3n) is 7.22. The maximum atomic E-state index is 13.3. The summed E-state index contributed by atoms with van der Waals surface area (Å²) < 4.78 is 11.3. The number of nitrogens with zero attached hydrogens (tertiary/aromatic N) is 3. The van der Waals surface area contributed by atoms with Gasteiger partial charge in [0.2, 0.25) is 0 Å². The molecule has 2 aliphatic rings. The van der Waals surface area contributed by atoms with Crippen LogP contribution >= 0.6 is 0 Å². The predicted octanol–water partition coefficient (Wildman–Crippen LogP) is 4.11. The van der Waals surface area contributed by atoms with Gasteiger partial charge in [0.05, 0.1) is 24.8 Å². The first kappa shape index (κ1) is 26.6. The quantitative estimate of drug-likeness (QED) is 0.254. The molecular weight excluding hydrogens is 494 g/mol. The summed E-state index contributed by atoms with van der Waals surface area (Å²) in [5, 5.41) is 11.5. The molecule has 1 N–H and O–H groups in total. The third kappa shape index (κ3) is 6.02. The van der Waals surface area contributed by atoms with Crippen LogP contribution in [-0.2, 0) is 20.9 Å². The number of aryl methyl sites for hydroxylation is 1. The Morgan fingerprint density at radius 2 is 1.85 bits per heavy atom. The van der Waals surface area contributed by atoms with E-state index >= 15 is 0 Å². The zero-order valence-corrected chi connectivity index (χ0v) is 22.1. The Bertz CT molecular complexity index is 1340. The maximum Gasteiger partial charge on any atom is 0.295 e. The highest BCUT2D eigenvalue weighted by molar-refractivity contribution is 6.46.